The Kier molecular flexibility index (Phi) is 3.14. The zero-order valence-electron chi connectivity index (χ0n) is 9.87. The first-order valence-corrected chi connectivity index (χ1v) is 6.73. The van der Waals surface area contributed by atoms with Gasteiger partial charge in [-0.1, -0.05) is 17.7 Å². The van der Waals surface area contributed by atoms with E-state index in [4.69, 9.17) is 17.3 Å². The smallest absolute Gasteiger partial charge is 0.206 e. The number of anilines is 1. The third-order valence-electron chi connectivity index (χ3n) is 2.88. The molecule has 0 saturated heterocycles. The van der Waals surface area contributed by atoms with Crippen LogP contribution in [0.5, 0.6) is 0 Å². The molecule has 2 N–H and O–H groups in total. The van der Waals surface area contributed by atoms with Crippen molar-refractivity contribution < 1.29 is 8.78 Å². The average Bonchev–Trinajstić information content (AvgIpc) is 2.67. The predicted molar refractivity (Wildman–Crippen MR) is 78.1 cm³/mol. The van der Waals surface area contributed by atoms with Crippen molar-refractivity contribution in [1.29, 1.82) is 0 Å². The van der Waals surface area contributed by atoms with Gasteiger partial charge in [-0.05, 0) is 34.1 Å². The van der Waals surface area contributed by atoms with E-state index in [1.165, 1.54) is 22.8 Å². The number of para-hydroxylation sites is 1. The average molecular weight is 359 g/mol. The maximum atomic E-state index is 14.1. The van der Waals surface area contributed by atoms with Gasteiger partial charge < -0.3 is 5.73 Å². The number of benzene rings is 2. The number of aromatic nitrogens is 2. The van der Waals surface area contributed by atoms with Crippen molar-refractivity contribution in [3.63, 3.8) is 0 Å². The number of hydrogen-bond donors (Lipinski definition) is 1. The van der Waals surface area contributed by atoms with Crippen molar-refractivity contribution in [3.8, 4) is 5.69 Å². The second kappa shape index (κ2) is 4.71. The molecule has 1 aromatic heterocycles. The Bertz CT molecular complexity index is 812. The maximum absolute atomic E-state index is 14.1. The molecule has 3 rings (SSSR count). The number of nitrogen functional groups attached to an aromatic ring is 1. The van der Waals surface area contributed by atoms with E-state index in [1.807, 2.05) is 0 Å². The van der Waals surface area contributed by atoms with Crippen LogP contribution in [0.2, 0.25) is 5.02 Å². The molecule has 0 fully saturated rings. The highest BCUT2D eigenvalue weighted by Crippen LogP contribution is 2.32. The van der Waals surface area contributed by atoms with Gasteiger partial charge in [-0.3, -0.25) is 4.57 Å². The van der Waals surface area contributed by atoms with Gasteiger partial charge in [-0.2, -0.15) is 0 Å². The Hall–Kier alpha value is -1.66. The summed E-state index contributed by atoms with van der Waals surface area (Å²) in [6, 6.07) is 7.07. The molecule has 7 heteroatoms. The van der Waals surface area contributed by atoms with Crippen molar-refractivity contribution in [2.45, 2.75) is 0 Å². The van der Waals surface area contributed by atoms with Crippen LogP contribution in [0, 0.1) is 11.6 Å². The summed E-state index contributed by atoms with van der Waals surface area (Å²) in [6.07, 6.45) is 0. The van der Waals surface area contributed by atoms with Crippen molar-refractivity contribution in [2.75, 3.05) is 5.73 Å². The van der Waals surface area contributed by atoms with E-state index < -0.39 is 11.6 Å². The molecule has 1 heterocycles. The number of halogens is 4. The molecule has 0 spiro atoms. The summed E-state index contributed by atoms with van der Waals surface area (Å²) in [5, 5.41) is -0.0777. The lowest BCUT2D eigenvalue weighted by molar-refractivity contribution is 0.619. The largest absolute Gasteiger partial charge is 0.369 e. The highest BCUT2D eigenvalue weighted by Gasteiger charge is 2.17. The first-order chi connectivity index (χ1) is 9.49. The quantitative estimate of drug-likeness (QED) is 0.705. The van der Waals surface area contributed by atoms with E-state index in [-0.39, 0.29) is 16.7 Å². The molecule has 0 bridgehead atoms. The van der Waals surface area contributed by atoms with E-state index in [0.717, 1.165) is 0 Å². The van der Waals surface area contributed by atoms with Gasteiger partial charge in [-0.15, -0.1) is 0 Å². The summed E-state index contributed by atoms with van der Waals surface area (Å²) in [5.41, 5.74) is 6.76. The molecule has 0 aliphatic rings. The molecular weight excluding hydrogens is 352 g/mol. The van der Waals surface area contributed by atoms with Gasteiger partial charge in [0.25, 0.3) is 0 Å². The molecule has 2 aromatic carbocycles. The molecule has 3 nitrogen and oxygen atoms in total. The molecule has 0 saturated carbocycles. The summed E-state index contributed by atoms with van der Waals surface area (Å²) in [6.45, 7) is 0. The normalized spacial score (nSPS) is 11.2. The van der Waals surface area contributed by atoms with Gasteiger partial charge in [0, 0.05) is 10.5 Å². The van der Waals surface area contributed by atoms with Gasteiger partial charge >= 0.3 is 0 Å². The second-order valence-corrected chi connectivity index (χ2v) is 5.39. The van der Waals surface area contributed by atoms with Crippen molar-refractivity contribution >= 4 is 44.5 Å². The summed E-state index contributed by atoms with van der Waals surface area (Å²) in [4.78, 5) is 4.03. The molecule has 20 heavy (non-hydrogen) atoms. The van der Waals surface area contributed by atoms with Gasteiger partial charge in [-0.25, -0.2) is 13.8 Å². The number of hydrogen-bond acceptors (Lipinski definition) is 2. The Morgan fingerprint density at radius 1 is 1.20 bits per heavy atom. The summed E-state index contributed by atoms with van der Waals surface area (Å²) in [5.74, 6) is -1.03. The second-order valence-electron chi connectivity index (χ2n) is 4.13. The minimum atomic E-state index is -0.601. The fourth-order valence-electron chi connectivity index (χ4n) is 2.03. The van der Waals surface area contributed by atoms with E-state index in [9.17, 15) is 8.78 Å². The van der Waals surface area contributed by atoms with E-state index in [0.29, 0.717) is 15.5 Å². The molecule has 0 radical (unpaired) electrons. The Morgan fingerprint density at radius 3 is 2.65 bits per heavy atom. The van der Waals surface area contributed by atoms with Crippen molar-refractivity contribution in [3.05, 3.63) is 51.5 Å². The van der Waals surface area contributed by atoms with Crippen molar-refractivity contribution in [2.24, 2.45) is 0 Å². The van der Waals surface area contributed by atoms with Crippen LogP contribution in [0.4, 0.5) is 14.7 Å². The molecule has 0 amide bonds. The number of nitrogens with zero attached hydrogens (tertiary/aromatic N) is 2. The van der Waals surface area contributed by atoms with Crippen LogP contribution in [0.25, 0.3) is 16.7 Å². The molecule has 102 valence electrons. The molecule has 0 aliphatic carbocycles. The number of imidazole rings is 1. The summed E-state index contributed by atoms with van der Waals surface area (Å²) < 4.78 is 29.4. The lowest BCUT2D eigenvalue weighted by atomic mass is 10.2. The highest BCUT2D eigenvalue weighted by atomic mass is 79.9. The lowest BCUT2D eigenvalue weighted by Crippen LogP contribution is -2.04. The fourth-order valence-corrected chi connectivity index (χ4v) is 2.71. The van der Waals surface area contributed by atoms with Gasteiger partial charge in [0.05, 0.1) is 21.7 Å². The van der Waals surface area contributed by atoms with Crippen LogP contribution in [-0.4, -0.2) is 9.55 Å². The topological polar surface area (TPSA) is 43.8 Å². The van der Waals surface area contributed by atoms with Gasteiger partial charge in [0.2, 0.25) is 5.95 Å². The number of nitrogens with two attached hydrogens (primary N) is 1. The highest BCUT2D eigenvalue weighted by molar-refractivity contribution is 9.10. The summed E-state index contributed by atoms with van der Waals surface area (Å²) in [7, 11) is 0. The molecular formula is C13H7BrClF2N3. The minimum absolute atomic E-state index is 0.0486. The van der Waals surface area contributed by atoms with Gasteiger partial charge in [0.1, 0.15) is 11.6 Å². The zero-order chi connectivity index (χ0) is 14.4. The molecule has 0 aliphatic heterocycles. The zero-order valence-corrected chi connectivity index (χ0v) is 12.2. The third kappa shape index (κ3) is 1.96. The monoisotopic (exact) mass is 357 g/mol. The SMILES string of the molecule is Nc1nc2cc(F)c(Cl)cc2n1-c1c(F)cccc1Br. The Morgan fingerprint density at radius 2 is 1.95 bits per heavy atom. The predicted octanol–water partition coefficient (Wildman–Crippen LogP) is 4.30. The van der Waals surface area contributed by atoms with Crippen LogP contribution in [0.3, 0.4) is 0 Å². The Balaban J connectivity index is 2.42. The molecule has 0 atom stereocenters. The fraction of sp³-hybridized carbons (Fsp3) is 0. The van der Waals surface area contributed by atoms with Gasteiger partial charge in [0.15, 0.2) is 0 Å². The first-order valence-electron chi connectivity index (χ1n) is 5.56. The van der Waals surface area contributed by atoms with Crippen LogP contribution in [-0.2, 0) is 0 Å². The van der Waals surface area contributed by atoms with Crippen molar-refractivity contribution in [1.82, 2.24) is 9.55 Å². The lowest BCUT2D eigenvalue weighted by Gasteiger charge is -2.10. The number of rotatable bonds is 1. The van der Waals surface area contributed by atoms with E-state index in [1.54, 1.807) is 12.1 Å². The third-order valence-corrected chi connectivity index (χ3v) is 3.81. The molecule has 0 unspecified atom stereocenters. The first kappa shape index (κ1) is 13.3. The van der Waals surface area contributed by atoms with E-state index >= 15 is 0 Å². The molecule has 3 aromatic rings. The number of fused-ring (bicyclic) bond motifs is 1. The maximum Gasteiger partial charge on any atom is 0.206 e. The van der Waals surface area contributed by atoms with E-state index in [2.05, 4.69) is 20.9 Å². The van der Waals surface area contributed by atoms with Crippen LogP contribution >= 0.6 is 27.5 Å². The minimum Gasteiger partial charge on any atom is -0.369 e. The van der Waals surface area contributed by atoms with Crippen LogP contribution in [0.15, 0.2) is 34.8 Å². The Labute approximate surface area is 126 Å². The summed E-state index contributed by atoms with van der Waals surface area (Å²) >= 11 is 9.04. The van der Waals surface area contributed by atoms with Crippen LogP contribution < -0.4 is 5.73 Å². The van der Waals surface area contributed by atoms with Crippen LogP contribution in [0.1, 0.15) is 0 Å². The standard InChI is InChI=1S/C13H7BrClF2N3/c14-6-2-1-3-8(16)12(6)20-11-4-7(15)9(17)5-10(11)19-13(20)18/h1-5H,(H2,18,19).